The first kappa shape index (κ1) is 22.7. The van der Waals surface area contributed by atoms with Gasteiger partial charge < -0.3 is 15.4 Å². The number of allylic oxidation sites excluding steroid dienone is 1. The number of carbonyl (C=O) groups excluding carboxylic acids is 1. The van der Waals surface area contributed by atoms with Gasteiger partial charge in [0.05, 0.1) is 19.3 Å². The van der Waals surface area contributed by atoms with Crippen molar-refractivity contribution in [3.63, 3.8) is 0 Å². The summed E-state index contributed by atoms with van der Waals surface area (Å²) in [7, 11) is 1.65. The van der Waals surface area contributed by atoms with E-state index in [4.69, 9.17) is 16.3 Å². The molecule has 7 heteroatoms. The predicted octanol–water partition coefficient (Wildman–Crippen LogP) is 6.42. The molecule has 1 amide bonds. The molecule has 1 aromatic heterocycles. The van der Waals surface area contributed by atoms with Gasteiger partial charge in [-0.15, -0.1) is 0 Å². The second-order valence-electron chi connectivity index (χ2n) is 8.29. The van der Waals surface area contributed by atoms with E-state index in [0.29, 0.717) is 22.1 Å². The van der Waals surface area contributed by atoms with Gasteiger partial charge >= 0.3 is 0 Å². The number of anilines is 2. The van der Waals surface area contributed by atoms with E-state index >= 15 is 0 Å². The third kappa shape index (κ3) is 4.66. The first-order valence-corrected chi connectivity index (χ1v) is 11.8. The molecule has 0 fully saturated rings. The summed E-state index contributed by atoms with van der Waals surface area (Å²) >= 11 is 5.98. The van der Waals surface area contributed by atoms with E-state index in [1.165, 1.54) is 5.56 Å². The fourth-order valence-electron chi connectivity index (χ4n) is 4.14. The van der Waals surface area contributed by atoms with Crippen LogP contribution in [-0.4, -0.2) is 22.8 Å². The standard InChI is InChI=1S/C28H25ClN4O2/c1-3-18-7-9-19(10-8-18)25-16-26(20-5-4-6-23(15-20)35-2)33-27(32-25)24(17-30-33)28(34)31-22-13-11-21(29)12-14-22/h4-17,26,32H,3H2,1-2H3,(H,31,34). The van der Waals surface area contributed by atoms with Gasteiger partial charge in [0.2, 0.25) is 0 Å². The van der Waals surface area contributed by atoms with Gasteiger partial charge in [-0.25, -0.2) is 4.68 Å². The lowest BCUT2D eigenvalue weighted by molar-refractivity contribution is 0.102. The van der Waals surface area contributed by atoms with E-state index in [9.17, 15) is 4.79 Å². The lowest BCUT2D eigenvalue weighted by atomic mass is 10.00. The quantitative estimate of drug-likeness (QED) is 0.331. The molecule has 1 aliphatic heterocycles. The molecular weight excluding hydrogens is 460 g/mol. The van der Waals surface area contributed by atoms with Crippen LogP contribution in [0.3, 0.4) is 0 Å². The van der Waals surface area contributed by atoms with Crippen LogP contribution < -0.4 is 15.4 Å². The topological polar surface area (TPSA) is 68.2 Å². The summed E-state index contributed by atoms with van der Waals surface area (Å²) in [6, 6.07) is 23.1. The van der Waals surface area contributed by atoms with E-state index < -0.39 is 0 Å². The monoisotopic (exact) mass is 484 g/mol. The van der Waals surface area contributed by atoms with Crippen LogP contribution in [0.25, 0.3) is 5.70 Å². The molecule has 35 heavy (non-hydrogen) atoms. The smallest absolute Gasteiger partial charge is 0.261 e. The number of carbonyl (C=O) groups is 1. The summed E-state index contributed by atoms with van der Waals surface area (Å²) in [6.45, 7) is 2.14. The van der Waals surface area contributed by atoms with Gasteiger partial charge in [0.1, 0.15) is 17.1 Å². The molecule has 176 valence electrons. The summed E-state index contributed by atoms with van der Waals surface area (Å²) in [5, 5.41) is 11.6. The molecular formula is C28H25ClN4O2. The Hall–Kier alpha value is -4.03. The molecule has 2 N–H and O–H groups in total. The number of benzene rings is 3. The first-order chi connectivity index (χ1) is 17.1. The zero-order valence-corrected chi connectivity index (χ0v) is 20.2. The van der Waals surface area contributed by atoms with Crippen LogP contribution in [0, 0.1) is 0 Å². The molecule has 0 aliphatic carbocycles. The van der Waals surface area contributed by atoms with Gasteiger partial charge in [-0.3, -0.25) is 4.79 Å². The molecule has 3 aromatic carbocycles. The highest BCUT2D eigenvalue weighted by molar-refractivity contribution is 6.30. The molecule has 4 aromatic rings. The molecule has 5 rings (SSSR count). The average molecular weight is 485 g/mol. The molecule has 1 atom stereocenters. The zero-order chi connectivity index (χ0) is 24.4. The van der Waals surface area contributed by atoms with Crippen LogP contribution in [0.15, 0.2) is 85.1 Å². The Bertz CT molecular complexity index is 1390. The van der Waals surface area contributed by atoms with Gasteiger partial charge in [0.25, 0.3) is 5.91 Å². The highest BCUT2D eigenvalue weighted by Gasteiger charge is 2.28. The number of hydrogen-bond acceptors (Lipinski definition) is 4. The molecule has 0 saturated heterocycles. The van der Waals surface area contributed by atoms with Crippen molar-refractivity contribution in [3.8, 4) is 5.75 Å². The lowest BCUT2D eigenvalue weighted by Gasteiger charge is -2.26. The average Bonchev–Trinajstić information content (AvgIpc) is 3.34. The van der Waals surface area contributed by atoms with E-state index in [0.717, 1.165) is 29.0 Å². The molecule has 0 spiro atoms. The number of methoxy groups -OCH3 is 1. The number of rotatable bonds is 6. The molecule has 6 nitrogen and oxygen atoms in total. The van der Waals surface area contributed by atoms with Crippen LogP contribution in [0.5, 0.6) is 5.75 Å². The van der Waals surface area contributed by atoms with Crippen molar-refractivity contribution >= 4 is 34.7 Å². The number of ether oxygens (including phenoxy) is 1. The lowest BCUT2D eigenvalue weighted by Crippen LogP contribution is -2.22. The minimum Gasteiger partial charge on any atom is -0.497 e. The highest BCUT2D eigenvalue weighted by Crippen LogP contribution is 2.36. The van der Waals surface area contributed by atoms with Crippen LogP contribution >= 0.6 is 11.6 Å². The third-order valence-corrected chi connectivity index (χ3v) is 6.34. The SMILES string of the molecule is CCc1ccc(C2=CC(c3cccc(OC)c3)n3ncc(C(=O)Nc4ccc(Cl)cc4)c3N2)cc1. The van der Waals surface area contributed by atoms with Crippen molar-refractivity contribution in [1.82, 2.24) is 9.78 Å². The Kier molecular flexibility index (Phi) is 6.29. The molecule has 0 radical (unpaired) electrons. The summed E-state index contributed by atoms with van der Waals surface area (Å²) in [6.07, 6.45) is 4.69. The zero-order valence-electron chi connectivity index (χ0n) is 19.5. The number of nitrogens with one attached hydrogen (secondary N) is 2. The minimum absolute atomic E-state index is 0.223. The number of nitrogens with zero attached hydrogens (tertiary/aromatic N) is 2. The fraction of sp³-hybridized carbons (Fsp3) is 0.143. The fourth-order valence-corrected chi connectivity index (χ4v) is 4.27. The predicted molar refractivity (Wildman–Crippen MR) is 140 cm³/mol. The largest absolute Gasteiger partial charge is 0.497 e. The number of amides is 1. The van der Waals surface area contributed by atoms with E-state index in [-0.39, 0.29) is 11.9 Å². The van der Waals surface area contributed by atoms with Gasteiger partial charge in [-0.05, 0) is 65.6 Å². The third-order valence-electron chi connectivity index (χ3n) is 6.09. The normalized spacial score (nSPS) is 14.5. The van der Waals surface area contributed by atoms with Crippen LogP contribution in [-0.2, 0) is 6.42 Å². The van der Waals surface area contributed by atoms with Crippen LogP contribution in [0.4, 0.5) is 11.5 Å². The maximum absolute atomic E-state index is 13.2. The maximum atomic E-state index is 13.2. The highest BCUT2D eigenvalue weighted by atomic mass is 35.5. The van der Waals surface area contributed by atoms with Crippen molar-refractivity contribution in [1.29, 1.82) is 0 Å². The van der Waals surface area contributed by atoms with Crippen molar-refractivity contribution in [2.24, 2.45) is 0 Å². The Morgan fingerprint density at radius 3 is 2.60 bits per heavy atom. The Morgan fingerprint density at radius 1 is 1.11 bits per heavy atom. The number of halogens is 1. The Morgan fingerprint density at radius 2 is 1.89 bits per heavy atom. The van der Waals surface area contributed by atoms with Crippen molar-refractivity contribution in [3.05, 3.63) is 112 Å². The molecule has 0 bridgehead atoms. The van der Waals surface area contributed by atoms with Crippen molar-refractivity contribution in [2.75, 3.05) is 17.7 Å². The molecule has 2 heterocycles. The van der Waals surface area contributed by atoms with E-state index in [1.54, 1.807) is 37.6 Å². The number of aryl methyl sites for hydroxylation is 1. The van der Waals surface area contributed by atoms with E-state index in [1.807, 2.05) is 28.9 Å². The van der Waals surface area contributed by atoms with Gasteiger partial charge in [0.15, 0.2) is 0 Å². The summed E-state index contributed by atoms with van der Waals surface area (Å²) < 4.78 is 7.28. The van der Waals surface area contributed by atoms with Crippen LogP contribution in [0.2, 0.25) is 5.02 Å². The van der Waals surface area contributed by atoms with Crippen LogP contribution in [0.1, 0.15) is 40.0 Å². The van der Waals surface area contributed by atoms with Gasteiger partial charge in [0, 0.05) is 16.4 Å². The number of fused-ring (bicyclic) bond motifs is 1. The molecule has 0 saturated carbocycles. The summed E-state index contributed by atoms with van der Waals surface area (Å²) in [4.78, 5) is 13.2. The summed E-state index contributed by atoms with van der Waals surface area (Å²) in [5.41, 5.74) is 5.32. The van der Waals surface area contributed by atoms with E-state index in [2.05, 4.69) is 53.0 Å². The molecule has 1 aliphatic rings. The van der Waals surface area contributed by atoms with Crippen molar-refractivity contribution < 1.29 is 9.53 Å². The maximum Gasteiger partial charge on any atom is 0.261 e. The number of hydrogen-bond donors (Lipinski definition) is 2. The summed E-state index contributed by atoms with van der Waals surface area (Å²) in [5.74, 6) is 1.13. The minimum atomic E-state index is -0.256. The second-order valence-corrected chi connectivity index (χ2v) is 8.73. The van der Waals surface area contributed by atoms with Crippen molar-refractivity contribution in [2.45, 2.75) is 19.4 Å². The first-order valence-electron chi connectivity index (χ1n) is 11.4. The van der Waals surface area contributed by atoms with Gasteiger partial charge in [-0.2, -0.15) is 5.10 Å². The molecule has 1 unspecified atom stereocenters. The number of aromatic nitrogens is 2. The Labute approximate surface area is 209 Å². The Balaban J connectivity index is 1.55. The van der Waals surface area contributed by atoms with Gasteiger partial charge in [-0.1, -0.05) is 54.9 Å². The second kappa shape index (κ2) is 9.68.